The molecule has 0 heterocycles. The van der Waals surface area contributed by atoms with Crippen molar-refractivity contribution in [2.24, 2.45) is 4.99 Å². The first kappa shape index (κ1) is 9.27. The van der Waals surface area contributed by atoms with Gasteiger partial charge in [0.2, 0.25) is 6.08 Å². The zero-order valence-electron chi connectivity index (χ0n) is 6.05. The van der Waals surface area contributed by atoms with E-state index in [0.29, 0.717) is 16.6 Å². The van der Waals surface area contributed by atoms with E-state index in [-0.39, 0.29) is 0 Å². The highest BCUT2D eigenvalue weighted by molar-refractivity contribution is 6.30. The lowest BCUT2D eigenvalue weighted by atomic mass is 10.2. The number of alkyl halides is 1. The van der Waals surface area contributed by atoms with Crippen molar-refractivity contribution in [1.82, 2.24) is 0 Å². The van der Waals surface area contributed by atoms with Gasteiger partial charge >= 0.3 is 0 Å². The molecule has 0 aliphatic carbocycles. The zero-order chi connectivity index (χ0) is 8.97. The molecule has 12 heavy (non-hydrogen) atoms. The third kappa shape index (κ3) is 2.08. The molecule has 1 aromatic carbocycles. The molecule has 2 nitrogen and oxygen atoms in total. The van der Waals surface area contributed by atoms with Crippen LogP contribution in [0, 0.1) is 0 Å². The summed E-state index contributed by atoms with van der Waals surface area (Å²) in [5, 5.41) is 0.526. The number of aliphatic imine (C=N–C) groups is 1. The maximum atomic E-state index is 9.98. The van der Waals surface area contributed by atoms with Gasteiger partial charge in [-0.15, -0.1) is 11.6 Å². The quantitative estimate of drug-likeness (QED) is 0.411. The lowest BCUT2D eigenvalue weighted by Gasteiger charge is -1.99. The highest BCUT2D eigenvalue weighted by Crippen LogP contribution is 2.24. The molecule has 4 heteroatoms. The summed E-state index contributed by atoms with van der Waals surface area (Å²) in [6.45, 7) is 0. The molecule has 1 rings (SSSR count). The van der Waals surface area contributed by atoms with E-state index in [1.807, 2.05) is 0 Å². The number of hydrogen-bond acceptors (Lipinski definition) is 2. The zero-order valence-corrected chi connectivity index (χ0v) is 7.56. The third-order valence-corrected chi connectivity index (χ3v) is 1.88. The van der Waals surface area contributed by atoms with Crippen molar-refractivity contribution >= 4 is 35.0 Å². The second-order valence-electron chi connectivity index (χ2n) is 2.11. The topological polar surface area (TPSA) is 29.4 Å². The number of isocyanates is 1. The van der Waals surface area contributed by atoms with Gasteiger partial charge in [0, 0.05) is 10.9 Å². The maximum absolute atomic E-state index is 9.98. The van der Waals surface area contributed by atoms with E-state index in [1.165, 1.54) is 6.08 Å². The molecule has 0 atom stereocenters. The van der Waals surface area contributed by atoms with Gasteiger partial charge in [-0.1, -0.05) is 17.7 Å². The van der Waals surface area contributed by atoms with Gasteiger partial charge in [0.25, 0.3) is 0 Å². The Bertz CT molecular complexity index is 332. The molecule has 0 aliphatic heterocycles. The number of rotatable bonds is 2. The molecule has 0 radical (unpaired) electrons. The third-order valence-electron chi connectivity index (χ3n) is 1.36. The van der Waals surface area contributed by atoms with Crippen LogP contribution < -0.4 is 0 Å². The summed E-state index contributed by atoms with van der Waals surface area (Å²) in [6.07, 6.45) is 1.44. The maximum Gasteiger partial charge on any atom is 0.240 e. The highest BCUT2D eigenvalue weighted by Gasteiger charge is 2.00. The smallest absolute Gasteiger partial charge is 0.211 e. The van der Waals surface area contributed by atoms with E-state index in [2.05, 4.69) is 4.99 Å². The molecule has 0 fully saturated rings. The minimum Gasteiger partial charge on any atom is -0.211 e. The lowest BCUT2D eigenvalue weighted by Crippen LogP contribution is -1.78. The first-order valence-electron chi connectivity index (χ1n) is 3.20. The molecule has 0 aliphatic rings. The molecule has 1 aromatic rings. The standard InChI is InChI=1S/C8H5Cl2NO/c9-4-6-1-2-7(10)3-8(6)11-5-12/h1-3H,4H2. The Morgan fingerprint density at radius 3 is 2.83 bits per heavy atom. The second-order valence-corrected chi connectivity index (χ2v) is 2.81. The molecular weight excluding hydrogens is 197 g/mol. The van der Waals surface area contributed by atoms with Crippen LogP contribution in [0.15, 0.2) is 23.2 Å². The fourth-order valence-corrected chi connectivity index (χ4v) is 1.20. The molecule has 0 saturated carbocycles. The minimum absolute atomic E-state index is 0.303. The number of nitrogens with zero attached hydrogens (tertiary/aromatic N) is 1. The summed E-state index contributed by atoms with van der Waals surface area (Å²) in [5.74, 6) is 0.303. The van der Waals surface area contributed by atoms with E-state index >= 15 is 0 Å². The second kappa shape index (κ2) is 4.27. The number of hydrogen-bond donors (Lipinski definition) is 0. The van der Waals surface area contributed by atoms with Crippen LogP contribution >= 0.6 is 23.2 Å². The summed E-state index contributed by atoms with van der Waals surface area (Å²) in [6, 6.07) is 5.00. The van der Waals surface area contributed by atoms with Crippen LogP contribution in [0.4, 0.5) is 5.69 Å². The fourth-order valence-electron chi connectivity index (χ4n) is 0.803. The first-order chi connectivity index (χ1) is 5.77. The largest absolute Gasteiger partial charge is 0.240 e. The van der Waals surface area contributed by atoms with Crippen LogP contribution in [0.25, 0.3) is 0 Å². The van der Waals surface area contributed by atoms with Crippen molar-refractivity contribution in [3.8, 4) is 0 Å². The van der Waals surface area contributed by atoms with E-state index in [0.717, 1.165) is 5.56 Å². The average molecular weight is 202 g/mol. The van der Waals surface area contributed by atoms with Crippen molar-refractivity contribution in [3.63, 3.8) is 0 Å². The summed E-state index contributed by atoms with van der Waals surface area (Å²) >= 11 is 11.3. The summed E-state index contributed by atoms with van der Waals surface area (Å²) in [7, 11) is 0. The van der Waals surface area contributed by atoms with Gasteiger partial charge in [-0.3, -0.25) is 0 Å². The Morgan fingerprint density at radius 1 is 1.50 bits per heavy atom. The van der Waals surface area contributed by atoms with Gasteiger partial charge in [-0.25, -0.2) is 4.79 Å². The fraction of sp³-hybridized carbons (Fsp3) is 0.125. The molecule has 0 aromatic heterocycles. The Balaban J connectivity index is 3.20. The van der Waals surface area contributed by atoms with Crippen LogP contribution in [0.1, 0.15) is 5.56 Å². The summed E-state index contributed by atoms with van der Waals surface area (Å²) < 4.78 is 0. The molecule has 0 N–H and O–H groups in total. The normalized spacial score (nSPS) is 9.17. The first-order valence-corrected chi connectivity index (χ1v) is 4.11. The monoisotopic (exact) mass is 201 g/mol. The van der Waals surface area contributed by atoms with Crippen molar-refractivity contribution < 1.29 is 4.79 Å². The van der Waals surface area contributed by atoms with E-state index in [1.54, 1.807) is 18.2 Å². The van der Waals surface area contributed by atoms with E-state index in [9.17, 15) is 4.79 Å². The summed E-state index contributed by atoms with van der Waals surface area (Å²) in [4.78, 5) is 13.4. The van der Waals surface area contributed by atoms with Crippen LogP contribution in [-0.4, -0.2) is 6.08 Å². The molecule has 0 saturated heterocycles. The number of benzene rings is 1. The Labute approximate surface area is 79.8 Å². The number of carbonyl (C=O) groups excluding carboxylic acids is 1. The lowest BCUT2D eigenvalue weighted by molar-refractivity contribution is 0.565. The average Bonchev–Trinajstić information content (AvgIpc) is 2.05. The van der Waals surface area contributed by atoms with Gasteiger partial charge in [0.05, 0.1) is 5.69 Å². The van der Waals surface area contributed by atoms with Gasteiger partial charge in [0.1, 0.15) is 0 Å². The van der Waals surface area contributed by atoms with E-state index < -0.39 is 0 Å². The van der Waals surface area contributed by atoms with E-state index in [4.69, 9.17) is 23.2 Å². The predicted molar refractivity (Wildman–Crippen MR) is 48.8 cm³/mol. The molecular formula is C8H5Cl2NO. The van der Waals surface area contributed by atoms with Gasteiger partial charge in [0.15, 0.2) is 0 Å². The van der Waals surface area contributed by atoms with Crippen LogP contribution in [0.2, 0.25) is 5.02 Å². The van der Waals surface area contributed by atoms with Gasteiger partial charge in [-0.2, -0.15) is 4.99 Å². The minimum atomic E-state index is 0.303. The van der Waals surface area contributed by atoms with Crippen LogP contribution in [0.5, 0.6) is 0 Å². The SMILES string of the molecule is O=C=Nc1cc(Cl)ccc1CCl. The Kier molecular flexibility index (Phi) is 3.30. The predicted octanol–water partition coefficient (Wildman–Crippen LogP) is 3.05. The Hall–Kier alpha value is -0.820. The summed E-state index contributed by atoms with van der Waals surface area (Å²) in [5.41, 5.74) is 1.25. The van der Waals surface area contributed by atoms with Crippen LogP contribution in [-0.2, 0) is 10.7 Å². The number of halogens is 2. The van der Waals surface area contributed by atoms with Gasteiger partial charge in [-0.05, 0) is 17.7 Å². The van der Waals surface area contributed by atoms with Crippen molar-refractivity contribution in [2.75, 3.05) is 0 Å². The Morgan fingerprint density at radius 2 is 2.25 bits per heavy atom. The van der Waals surface area contributed by atoms with Crippen molar-refractivity contribution in [2.45, 2.75) is 5.88 Å². The highest BCUT2D eigenvalue weighted by atomic mass is 35.5. The van der Waals surface area contributed by atoms with Crippen LogP contribution in [0.3, 0.4) is 0 Å². The van der Waals surface area contributed by atoms with Crippen molar-refractivity contribution in [1.29, 1.82) is 0 Å². The van der Waals surface area contributed by atoms with Crippen molar-refractivity contribution in [3.05, 3.63) is 28.8 Å². The molecule has 0 spiro atoms. The molecule has 62 valence electrons. The molecule has 0 amide bonds. The molecule has 0 bridgehead atoms. The molecule has 0 unspecified atom stereocenters. The van der Waals surface area contributed by atoms with Gasteiger partial charge < -0.3 is 0 Å².